The van der Waals surface area contributed by atoms with E-state index in [2.05, 4.69) is 10.1 Å². The molecule has 0 aliphatic rings. The maximum atomic E-state index is 5.97. The van der Waals surface area contributed by atoms with Gasteiger partial charge in [-0.2, -0.15) is 4.98 Å². The molecule has 2 N–H and O–H groups in total. The van der Waals surface area contributed by atoms with E-state index in [9.17, 15) is 0 Å². The Kier molecular flexibility index (Phi) is 3.56. The van der Waals surface area contributed by atoms with Crippen LogP contribution in [0.15, 0.2) is 16.7 Å². The van der Waals surface area contributed by atoms with Gasteiger partial charge in [0, 0.05) is 11.4 Å². The van der Waals surface area contributed by atoms with Gasteiger partial charge in [0.2, 0.25) is 0 Å². The fourth-order valence-corrected chi connectivity index (χ4v) is 2.30. The molecule has 92 valence electrons. The van der Waals surface area contributed by atoms with Crippen LogP contribution in [0.1, 0.15) is 16.7 Å². The quantitative estimate of drug-likeness (QED) is 0.896. The molecule has 1 unspecified atom stereocenters. The first-order chi connectivity index (χ1) is 8.06. The van der Waals surface area contributed by atoms with Gasteiger partial charge in [0.15, 0.2) is 5.82 Å². The number of nitrogens with zero attached hydrogens (tertiary/aromatic N) is 3. The van der Waals surface area contributed by atoms with Gasteiger partial charge in [-0.15, -0.1) is 11.3 Å². The summed E-state index contributed by atoms with van der Waals surface area (Å²) in [5.41, 5.74) is 5.97. The Morgan fingerprint density at radius 2 is 2.24 bits per heavy atom. The lowest BCUT2D eigenvalue weighted by Gasteiger charge is -2.12. The van der Waals surface area contributed by atoms with E-state index in [1.165, 1.54) is 4.88 Å². The molecule has 17 heavy (non-hydrogen) atoms. The van der Waals surface area contributed by atoms with Crippen molar-refractivity contribution in [3.8, 4) is 10.8 Å². The Balaban J connectivity index is 2.15. The van der Waals surface area contributed by atoms with Gasteiger partial charge in [0.25, 0.3) is 5.89 Å². The van der Waals surface area contributed by atoms with E-state index in [0.717, 1.165) is 4.88 Å². The Morgan fingerprint density at radius 1 is 1.47 bits per heavy atom. The summed E-state index contributed by atoms with van der Waals surface area (Å²) in [6, 6.07) is 3.79. The largest absolute Gasteiger partial charge is 0.333 e. The first-order valence-corrected chi connectivity index (χ1v) is 6.18. The average Bonchev–Trinajstić information content (AvgIpc) is 2.84. The van der Waals surface area contributed by atoms with E-state index in [0.29, 0.717) is 18.3 Å². The van der Waals surface area contributed by atoms with E-state index in [-0.39, 0.29) is 6.04 Å². The third-order valence-corrected chi connectivity index (χ3v) is 3.28. The molecule has 0 saturated heterocycles. The Bertz CT molecular complexity index is 491. The first-order valence-electron chi connectivity index (χ1n) is 5.37. The highest BCUT2D eigenvalue weighted by molar-refractivity contribution is 7.15. The molecular formula is C11H16N4OS. The van der Waals surface area contributed by atoms with E-state index >= 15 is 0 Å². The minimum Gasteiger partial charge on any atom is -0.333 e. The van der Waals surface area contributed by atoms with Crippen molar-refractivity contribution in [1.82, 2.24) is 15.0 Å². The number of hydrogen-bond donors (Lipinski definition) is 1. The zero-order chi connectivity index (χ0) is 12.4. The summed E-state index contributed by atoms with van der Waals surface area (Å²) >= 11 is 1.63. The van der Waals surface area contributed by atoms with Gasteiger partial charge < -0.3 is 15.2 Å². The highest BCUT2D eigenvalue weighted by atomic mass is 32.1. The van der Waals surface area contributed by atoms with Gasteiger partial charge in [0.1, 0.15) is 0 Å². The number of thiophene rings is 1. The van der Waals surface area contributed by atoms with Crippen molar-refractivity contribution in [2.45, 2.75) is 13.0 Å². The van der Waals surface area contributed by atoms with Crippen LogP contribution in [0, 0.1) is 6.92 Å². The highest BCUT2D eigenvalue weighted by Gasteiger charge is 2.16. The van der Waals surface area contributed by atoms with E-state index < -0.39 is 0 Å². The number of likely N-dealkylation sites (N-methyl/N-ethyl adjacent to an activating group) is 1. The van der Waals surface area contributed by atoms with Crippen LogP contribution in [0.2, 0.25) is 0 Å². The van der Waals surface area contributed by atoms with Crippen LogP contribution < -0.4 is 5.73 Å². The maximum absolute atomic E-state index is 5.97. The van der Waals surface area contributed by atoms with Gasteiger partial charge in [0.05, 0.1) is 10.9 Å². The van der Waals surface area contributed by atoms with Crippen LogP contribution in [0.4, 0.5) is 0 Å². The molecule has 2 rings (SSSR count). The van der Waals surface area contributed by atoms with Crippen LogP contribution in [0.25, 0.3) is 10.8 Å². The standard InChI is InChI=1S/C11H16N4OS/c1-7-4-5-9(17-7)11-13-10(14-16-11)8(12)6-15(2)3/h4-5,8H,6,12H2,1-3H3. The third-order valence-electron chi connectivity index (χ3n) is 2.29. The number of hydrogen-bond acceptors (Lipinski definition) is 6. The van der Waals surface area contributed by atoms with Crippen LogP contribution in [-0.4, -0.2) is 35.7 Å². The van der Waals surface area contributed by atoms with Crippen LogP contribution in [0.3, 0.4) is 0 Å². The Labute approximate surface area is 104 Å². The average molecular weight is 252 g/mol. The molecule has 0 radical (unpaired) electrons. The second kappa shape index (κ2) is 4.95. The zero-order valence-electron chi connectivity index (χ0n) is 10.2. The van der Waals surface area contributed by atoms with Gasteiger partial charge in [-0.05, 0) is 33.2 Å². The predicted molar refractivity (Wildman–Crippen MR) is 67.8 cm³/mol. The molecular weight excluding hydrogens is 236 g/mol. The number of nitrogens with two attached hydrogens (primary N) is 1. The van der Waals surface area contributed by atoms with Crippen molar-refractivity contribution in [1.29, 1.82) is 0 Å². The molecule has 5 nitrogen and oxygen atoms in total. The number of rotatable bonds is 4. The molecule has 1 atom stereocenters. The topological polar surface area (TPSA) is 68.2 Å². The highest BCUT2D eigenvalue weighted by Crippen LogP contribution is 2.26. The molecule has 0 saturated carbocycles. The zero-order valence-corrected chi connectivity index (χ0v) is 11.0. The summed E-state index contributed by atoms with van der Waals surface area (Å²) < 4.78 is 5.22. The summed E-state index contributed by atoms with van der Waals surface area (Å²) in [6.45, 7) is 2.74. The lowest BCUT2D eigenvalue weighted by Crippen LogP contribution is -2.26. The lowest BCUT2D eigenvalue weighted by molar-refractivity contribution is 0.357. The SMILES string of the molecule is Cc1ccc(-c2nc(C(N)CN(C)C)no2)s1. The molecule has 2 heterocycles. The minimum absolute atomic E-state index is 0.219. The van der Waals surface area contributed by atoms with Gasteiger partial charge in [-0.3, -0.25) is 0 Å². The van der Waals surface area contributed by atoms with Crippen LogP contribution >= 0.6 is 11.3 Å². The summed E-state index contributed by atoms with van der Waals surface area (Å²) in [7, 11) is 3.92. The van der Waals surface area contributed by atoms with Gasteiger partial charge in [-0.25, -0.2) is 0 Å². The van der Waals surface area contributed by atoms with Gasteiger partial charge >= 0.3 is 0 Å². The van der Waals surface area contributed by atoms with Crippen molar-refractivity contribution in [3.63, 3.8) is 0 Å². The number of aromatic nitrogens is 2. The van der Waals surface area contributed by atoms with Crippen LogP contribution in [0.5, 0.6) is 0 Å². The summed E-state index contributed by atoms with van der Waals surface area (Å²) in [5.74, 6) is 1.10. The first kappa shape index (κ1) is 12.2. The molecule has 0 fully saturated rings. The summed E-state index contributed by atoms with van der Waals surface area (Å²) in [6.07, 6.45) is 0. The second-order valence-electron chi connectivity index (χ2n) is 4.24. The Morgan fingerprint density at radius 3 is 2.82 bits per heavy atom. The van der Waals surface area contributed by atoms with Crippen molar-refractivity contribution in [3.05, 3.63) is 22.8 Å². The van der Waals surface area contributed by atoms with Crippen LogP contribution in [-0.2, 0) is 0 Å². The second-order valence-corrected chi connectivity index (χ2v) is 5.52. The molecule has 0 spiro atoms. The van der Waals surface area contributed by atoms with Crippen molar-refractivity contribution >= 4 is 11.3 Å². The summed E-state index contributed by atoms with van der Waals surface area (Å²) in [5, 5.41) is 3.92. The van der Waals surface area contributed by atoms with E-state index in [1.54, 1.807) is 11.3 Å². The smallest absolute Gasteiger partial charge is 0.268 e. The lowest BCUT2D eigenvalue weighted by atomic mass is 10.3. The molecule has 0 aliphatic carbocycles. The number of aryl methyl sites for hydroxylation is 1. The fraction of sp³-hybridized carbons (Fsp3) is 0.455. The van der Waals surface area contributed by atoms with E-state index in [1.807, 2.05) is 38.1 Å². The molecule has 0 bridgehead atoms. The maximum Gasteiger partial charge on any atom is 0.268 e. The minimum atomic E-state index is -0.219. The molecule has 6 heteroatoms. The normalized spacial score (nSPS) is 13.2. The fourth-order valence-electron chi connectivity index (χ4n) is 1.51. The molecule has 0 aromatic carbocycles. The monoisotopic (exact) mass is 252 g/mol. The predicted octanol–water partition coefficient (Wildman–Crippen LogP) is 1.67. The van der Waals surface area contributed by atoms with E-state index in [4.69, 9.17) is 10.3 Å². The molecule has 0 aliphatic heterocycles. The summed E-state index contributed by atoms with van der Waals surface area (Å²) in [4.78, 5) is 8.53. The van der Waals surface area contributed by atoms with Crippen molar-refractivity contribution < 1.29 is 4.52 Å². The van der Waals surface area contributed by atoms with Crippen molar-refractivity contribution in [2.75, 3.05) is 20.6 Å². The third kappa shape index (κ3) is 2.91. The van der Waals surface area contributed by atoms with Gasteiger partial charge in [-0.1, -0.05) is 5.16 Å². The molecule has 0 amide bonds. The van der Waals surface area contributed by atoms with Crippen molar-refractivity contribution in [2.24, 2.45) is 5.73 Å². The molecule has 2 aromatic heterocycles. The Hall–Kier alpha value is -1.24. The molecule has 2 aromatic rings.